The first-order valence-electron chi connectivity index (χ1n) is 5.94. The molecule has 98 valence electrons. The van der Waals surface area contributed by atoms with E-state index in [0.717, 1.165) is 17.1 Å². The molecule has 1 atom stereocenters. The van der Waals surface area contributed by atoms with Crippen LogP contribution in [0.15, 0.2) is 18.2 Å². The van der Waals surface area contributed by atoms with Crippen LogP contribution in [0.5, 0.6) is 11.5 Å². The van der Waals surface area contributed by atoms with Gasteiger partial charge in [0.1, 0.15) is 11.5 Å². The molecule has 1 unspecified atom stereocenters. The minimum Gasteiger partial charge on any atom is -0.497 e. The molecule has 0 bridgehead atoms. The Morgan fingerprint density at radius 2 is 2.22 bits per heavy atom. The Labute approximate surface area is 106 Å². The Hall–Kier alpha value is -1.75. The lowest BCUT2D eigenvalue weighted by Gasteiger charge is -2.14. The fourth-order valence-corrected chi connectivity index (χ4v) is 2.02. The number of carbonyl (C=O) groups is 1. The Kier molecular flexibility index (Phi) is 4.04. The van der Waals surface area contributed by atoms with E-state index in [0.29, 0.717) is 19.5 Å². The summed E-state index contributed by atoms with van der Waals surface area (Å²) in [4.78, 5) is 11.1. The van der Waals surface area contributed by atoms with Gasteiger partial charge in [0.05, 0.1) is 14.2 Å². The second kappa shape index (κ2) is 5.73. The predicted molar refractivity (Wildman–Crippen MR) is 67.8 cm³/mol. The molecule has 1 saturated heterocycles. The standard InChI is InChI=1S/C13H18N2O3/c1-17-11-3-4-12(18-2)9(5-11)7-14-10-6-13(16)15-8-10/h3-5,10,14H,6-8H2,1-2H3,(H,15,16). The van der Waals surface area contributed by atoms with Crippen molar-refractivity contribution in [3.8, 4) is 11.5 Å². The third kappa shape index (κ3) is 2.92. The topological polar surface area (TPSA) is 59.6 Å². The highest BCUT2D eigenvalue weighted by Crippen LogP contribution is 2.23. The molecule has 1 aliphatic rings. The molecule has 1 aromatic rings. The van der Waals surface area contributed by atoms with Crippen LogP contribution in [0.1, 0.15) is 12.0 Å². The lowest BCUT2D eigenvalue weighted by molar-refractivity contribution is -0.119. The molecule has 1 aromatic carbocycles. The maximum absolute atomic E-state index is 11.1. The molecule has 1 amide bonds. The molecule has 5 heteroatoms. The number of benzene rings is 1. The fraction of sp³-hybridized carbons (Fsp3) is 0.462. The van der Waals surface area contributed by atoms with Crippen LogP contribution in [-0.4, -0.2) is 32.7 Å². The van der Waals surface area contributed by atoms with Crippen LogP contribution in [0.4, 0.5) is 0 Å². The highest BCUT2D eigenvalue weighted by Gasteiger charge is 2.20. The highest BCUT2D eigenvalue weighted by atomic mass is 16.5. The van der Waals surface area contributed by atoms with E-state index in [1.54, 1.807) is 14.2 Å². The summed E-state index contributed by atoms with van der Waals surface area (Å²) >= 11 is 0. The van der Waals surface area contributed by atoms with Gasteiger partial charge in [0.2, 0.25) is 5.91 Å². The van der Waals surface area contributed by atoms with Gasteiger partial charge in [0.25, 0.3) is 0 Å². The van der Waals surface area contributed by atoms with Gasteiger partial charge in [-0.3, -0.25) is 4.79 Å². The third-order valence-corrected chi connectivity index (χ3v) is 3.05. The zero-order valence-electron chi connectivity index (χ0n) is 10.7. The van der Waals surface area contributed by atoms with Gasteiger partial charge in [-0.2, -0.15) is 0 Å². The number of amides is 1. The molecule has 1 aliphatic heterocycles. The lowest BCUT2D eigenvalue weighted by Crippen LogP contribution is -2.30. The van der Waals surface area contributed by atoms with E-state index in [-0.39, 0.29) is 11.9 Å². The van der Waals surface area contributed by atoms with Gasteiger partial charge in [-0.05, 0) is 18.2 Å². The summed E-state index contributed by atoms with van der Waals surface area (Å²) in [6.45, 7) is 1.34. The van der Waals surface area contributed by atoms with Gasteiger partial charge in [0.15, 0.2) is 0 Å². The minimum absolute atomic E-state index is 0.102. The zero-order valence-corrected chi connectivity index (χ0v) is 10.7. The molecular weight excluding hydrogens is 232 g/mol. The van der Waals surface area contributed by atoms with Gasteiger partial charge < -0.3 is 20.1 Å². The van der Waals surface area contributed by atoms with Crippen LogP contribution in [0.2, 0.25) is 0 Å². The summed E-state index contributed by atoms with van der Waals surface area (Å²) in [6.07, 6.45) is 0.534. The second-order valence-electron chi connectivity index (χ2n) is 4.26. The fourth-order valence-electron chi connectivity index (χ4n) is 2.02. The molecule has 18 heavy (non-hydrogen) atoms. The van der Waals surface area contributed by atoms with Gasteiger partial charge >= 0.3 is 0 Å². The smallest absolute Gasteiger partial charge is 0.221 e. The van der Waals surface area contributed by atoms with Crippen LogP contribution < -0.4 is 20.1 Å². The van der Waals surface area contributed by atoms with E-state index in [2.05, 4.69) is 10.6 Å². The average molecular weight is 250 g/mol. The van der Waals surface area contributed by atoms with Crippen LogP contribution in [-0.2, 0) is 11.3 Å². The molecule has 0 aromatic heterocycles. The summed E-state index contributed by atoms with van der Waals surface area (Å²) in [5.74, 6) is 1.72. The SMILES string of the molecule is COc1ccc(OC)c(CNC2CNC(=O)C2)c1. The van der Waals surface area contributed by atoms with E-state index in [9.17, 15) is 4.79 Å². The number of rotatable bonds is 5. The molecule has 2 N–H and O–H groups in total. The Balaban J connectivity index is 2.00. The Bertz CT molecular complexity index is 434. The number of ether oxygens (including phenoxy) is 2. The minimum atomic E-state index is 0.102. The number of hydrogen-bond acceptors (Lipinski definition) is 4. The summed E-state index contributed by atoms with van der Waals surface area (Å²) in [5.41, 5.74) is 1.02. The number of hydrogen-bond donors (Lipinski definition) is 2. The Morgan fingerprint density at radius 1 is 1.39 bits per heavy atom. The molecular formula is C13H18N2O3. The van der Waals surface area contributed by atoms with Crippen LogP contribution >= 0.6 is 0 Å². The van der Waals surface area contributed by atoms with Crippen molar-refractivity contribution in [2.24, 2.45) is 0 Å². The van der Waals surface area contributed by atoms with Crippen molar-refractivity contribution in [1.29, 1.82) is 0 Å². The molecule has 2 rings (SSSR count). The van der Waals surface area contributed by atoms with Crippen molar-refractivity contribution in [3.05, 3.63) is 23.8 Å². The maximum atomic E-state index is 11.1. The van der Waals surface area contributed by atoms with Gasteiger partial charge in [-0.1, -0.05) is 0 Å². The number of carbonyl (C=O) groups excluding carboxylic acids is 1. The first-order valence-corrected chi connectivity index (χ1v) is 5.94. The highest BCUT2D eigenvalue weighted by molar-refractivity contribution is 5.78. The van der Waals surface area contributed by atoms with Crippen molar-refractivity contribution >= 4 is 5.91 Å². The van der Waals surface area contributed by atoms with E-state index in [1.165, 1.54) is 0 Å². The zero-order chi connectivity index (χ0) is 13.0. The quantitative estimate of drug-likeness (QED) is 0.807. The van der Waals surface area contributed by atoms with E-state index in [1.807, 2.05) is 18.2 Å². The molecule has 1 heterocycles. The first kappa shape index (κ1) is 12.7. The average Bonchev–Trinajstić information content (AvgIpc) is 2.81. The Morgan fingerprint density at radius 3 is 2.83 bits per heavy atom. The summed E-state index contributed by atoms with van der Waals surface area (Å²) in [5, 5.41) is 6.14. The van der Waals surface area contributed by atoms with Crippen molar-refractivity contribution in [3.63, 3.8) is 0 Å². The normalized spacial score (nSPS) is 18.6. The molecule has 0 spiro atoms. The molecule has 5 nitrogen and oxygen atoms in total. The summed E-state index contributed by atoms with van der Waals surface area (Å²) in [6, 6.07) is 5.88. The lowest BCUT2D eigenvalue weighted by atomic mass is 10.1. The monoisotopic (exact) mass is 250 g/mol. The summed E-state index contributed by atoms with van der Waals surface area (Å²) < 4.78 is 10.5. The van der Waals surface area contributed by atoms with Crippen LogP contribution in [0.3, 0.4) is 0 Å². The van der Waals surface area contributed by atoms with Crippen LogP contribution in [0.25, 0.3) is 0 Å². The van der Waals surface area contributed by atoms with Gasteiger partial charge in [-0.25, -0.2) is 0 Å². The molecule has 0 radical (unpaired) electrons. The van der Waals surface area contributed by atoms with Gasteiger partial charge in [0, 0.05) is 31.1 Å². The number of methoxy groups -OCH3 is 2. The second-order valence-corrected chi connectivity index (χ2v) is 4.26. The molecule has 1 fully saturated rings. The van der Waals surface area contributed by atoms with Gasteiger partial charge in [-0.15, -0.1) is 0 Å². The predicted octanol–water partition coefficient (Wildman–Crippen LogP) is 0.682. The largest absolute Gasteiger partial charge is 0.497 e. The van der Waals surface area contributed by atoms with Crippen molar-refractivity contribution in [2.45, 2.75) is 19.0 Å². The third-order valence-electron chi connectivity index (χ3n) is 3.05. The first-order chi connectivity index (χ1) is 8.72. The van der Waals surface area contributed by atoms with Crippen molar-refractivity contribution < 1.29 is 14.3 Å². The van der Waals surface area contributed by atoms with Crippen molar-refractivity contribution in [1.82, 2.24) is 10.6 Å². The van der Waals surface area contributed by atoms with Crippen molar-refractivity contribution in [2.75, 3.05) is 20.8 Å². The summed E-state index contributed by atoms with van der Waals surface area (Å²) in [7, 11) is 3.28. The van der Waals surface area contributed by atoms with E-state index >= 15 is 0 Å². The molecule has 0 aliphatic carbocycles. The maximum Gasteiger partial charge on any atom is 0.221 e. The van der Waals surface area contributed by atoms with Crippen LogP contribution in [0, 0.1) is 0 Å². The van der Waals surface area contributed by atoms with E-state index < -0.39 is 0 Å². The van der Waals surface area contributed by atoms with E-state index in [4.69, 9.17) is 9.47 Å². The number of nitrogens with one attached hydrogen (secondary N) is 2. The molecule has 0 saturated carbocycles.